The molecule has 3 atom stereocenters. The predicted molar refractivity (Wildman–Crippen MR) is 106 cm³/mol. The Morgan fingerprint density at radius 1 is 1.19 bits per heavy atom. The van der Waals surface area contributed by atoms with Crippen molar-refractivity contribution in [2.45, 2.75) is 24.7 Å². The van der Waals surface area contributed by atoms with Crippen LogP contribution in [-0.2, 0) is 21.6 Å². The summed E-state index contributed by atoms with van der Waals surface area (Å²) in [6, 6.07) is 16.9. The first-order chi connectivity index (χ1) is 13.2. The molecule has 1 saturated heterocycles. The maximum atomic E-state index is 14.7. The molecule has 2 aromatic rings. The van der Waals surface area contributed by atoms with Crippen molar-refractivity contribution in [1.82, 2.24) is 0 Å². The van der Waals surface area contributed by atoms with Gasteiger partial charge < -0.3 is 15.2 Å². The summed E-state index contributed by atoms with van der Waals surface area (Å²) in [5, 5.41) is 0.514. The molecule has 0 bridgehead atoms. The van der Waals surface area contributed by atoms with Crippen molar-refractivity contribution in [2.75, 3.05) is 19.0 Å². The third-order valence-corrected chi connectivity index (χ3v) is 6.24. The highest BCUT2D eigenvalue weighted by molar-refractivity contribution is 8.13. The number of halogens is 1. The van der Waals surface area contributed by atoms with Crippen LogP contribution in [0.4, 0.5) is 4.39 Å². The lowest BCUT2D eigenvalue weighted by molar-refractivity contribution is -0.101. The van der Waals surface area contributed by atoms with E-state index >= 15 is 0 Å². The van der Waals surface area contributed by atoms with Gasteiger partial charge in [-0.3, -0.25) is 4.99 Å². The van der Waals surface area contributed by atoms with Crippen LogP contribution in [0.25, 0.3) is 0 Å². The zero-order chi connectivity index (χ0) is 18.7. The molecule has 0 saturated carbocycles. The SMILES string of the molecule is NC1=N[C@@]2(c3ccccc3F)CCO[C@H](COCc3ccccc3)[C@H]2CS1. The molecule has 142 valence electrons. The second-order valence-corrected chi connectivity index (χ2v) is 7.97. The number of benzene rings is 2. The van der Waals surface area contributed by atoms with Crippen molar-refractivity contribution >= 4 is 16.9 Å². The first kappa shape index (κ1) is 18.5. The minimum absolute atomic E-state index is 0.0104. The van der Waals surface area contributed by atoms with E-state index in [1.54, 1.807) is 6.07 Å². The molecule has 4 nitrogen and oxygen atoms in total. The highest BCUT2D eigenvalue weighted by Gasteiger charge is 2.51. The van der Waals surface area contributed by atoms with E-state index < -0.39 is 5.54 Å². The van der Waals surface area contributed by atoms with Crippen molar-refractivity contribution < 1.29 is 13.9 Å². The van der Waals surface area contributed by atoms with Crippen LogP contribution in [0.2, 0.25) is 0 Å². The molecule has 6 heteroatoms. The van der Waals surface area contributed by atoms with E-state index in [-0.39, 0.29) is 17.8 Å². The number of thioether (sulfide) groups is 1. The molecule has 0 aromatic heterocycles. The lowest BCUT2D eigenvalue weighted by Gasteiger charge is -2.47. The third kappa shape index (κ3) is 3.74. The smallest absolute Gasteiger partial charge is 0.154 e. The molecular weight excluding hydrogens is 363 g/mol. The topological polar surface area (TPSA) is 56.8 Å². The molecule has 0 spiro atoms. The number of fused-ring (bicyclic) bond motifs is 1. The summed E-state index contributed by atoms with van der Waals surface area (Å²) in [7, 11) is 0. The van der Waals surface area contributed by atoms with Crippen LogP contribution in [0.15, 0.2) is 59.6 Å². The average Bonchev–Trinajstić information content (AvgIpc) is 2.69. The lowest BCUT2D eigenvalue weighted by atomic mass is 9.72. The molecule has 0 aliphatic carbocycles. The fourth-order valence-corrected chi connectivity index (χ4v) is 5.07. The van der Waals surface area contributed by atoms with E-state index in [2.05, 4.69) is 0 Å². The molecule has 2 N–H and O–H groups in total. The van der Waals surface area contributed by atoms with Gasteiger partial charge in [-0.15, -0.1) is 0 Å². The van der Waals surface area contributed by atoms with Gasteiger partial charge in [0.2, 0.25) is 0 Å². The number of nitrogens with zero attached hydrogens (tertiary/aromatic N) is 1. The monoisotopic (exact) mass is 386 g/mol. The van der Waals surface area contributed by atoms with Crippen LogP contribution in [-0.4, -0.2) is 30.2 Å². The van der Waals surface area contributed by atoms with Crippen molar-refractivity contribution in [3.05, 3.63) is 71.5 Å². The summed E-state index contributed by atoms with van der Waals surface area (Å²) in [6.45, 7) is 1.48. The third-order valence-electron chi connectivity index (χ3n) is 5.33. The van der Waals surface area contributed by atoms with Gasteiger partial charge in [0.25, 0.3) is 0 Å². The normalized spacial score (nSPS) is 27.7. The summed E-state index contributed by atoms with van der Waals surface area (Å²) >= 11 is 1.51. The Balaban J connectivity index is 1.56. The predicted octanol–water partition coefficient (Wildman–Crippen LogP) is 3.70. The minimum atomic E-state index is -0.681. The minimum Gasteiger partial charge on any atom is -0.379 e. The number of ether oxygens (including phenoxy) is 2. The van der Waals surface area contributed by atoms with Crippen LogP contribution in [0.3, 0.4) is 0 Å². The van der Waals surface area contributed by atoms with Gasteiger partial charge in [0.05, 0.1) is 24.9 Å². The molecule has 0 amide bonds. The summed E-state index contributed by atoms with van der Waals surface area (Å²) < 4.78 is 26.7. The molecule has 2 aliphatic rings. The quantitative estimate of drug-likeness (QED) is 0.851. The van der Waals surface area contributed by atoms with Crippen molar-refractivity contribution in [1.29, 1.82) is 0 Å². The molecule has 2 aromatic carbocycles. The summed E-state index contributed by atoms with van der Waals surface area (Å²) in [5.74, 6) is 0.510. The second-order valence-electron chi connectivity index (χ2n) is 6.93. The fraction of sp³-hybridized carbons (Fsp3) is 0.381. The van der Waals surface area contributed by atoms with E-state index in [0.717, 1.165) is 11.3 Å². The highest BCUT2D eigenvalue weighted by atomic mass is 32.2. The van der Waals surface area contributed by atoms with E-state index in [9.17, 15) is 4.39 Å². The molecule has 4 rings (SSSR count). The number of nitrogens with two attached hydrogens (primary N) is 1. The van der Waals surface area contributed by atoms with Gasteiger partial charge in [0.15, 0.2) is 5.17 Å². The van der Waals surface area contributed by atoms with Crippen molar-refractivity contribution in [3.8, 4) is 0 Å². The Hall–Kier alpha value is -1.89. The largest absolute Gasteiger partial charge is 0.379 e. The van der Waals surface area contributed by atoms with E-state index in [4.69, 9.17) is 20.2 Å². The van der Waals surface area contributed by atoms with Gasteiger partial charge in [-0.2, -0.15) is 0 Å². The van der Waals surface area contributed by atoms with Crippen LogP contribution in [0.1, 0.15) is 17.5 Å². The Kier molecular flexibility index (Phi) is 5.48. The fourth-order valence-electron chi connectivity index (χ4n) is 4.00. The van der Waals surface area contributed by atoms with E-state index in [1.165, 1.54) is 17.8 Å². The molecule has 2 aliphatic heterocycles. The Morgan fingerprint density at radius 3 is 2.78 bits per heavy atom. The number of hydrogen-bond acceptors (Lipinski definition) is 5. The molecule has 27 heavy (non-hydrogen) atoms. The maximum Gasteiger partial charge on any atom is 0.154 e. The molecule has 2 heterocycles. The molecule has 0 unspecified atom stereocenters. The van der Waals surface area contributed by atoms with Crippen molar-refractivity contribution in [2.24, 2.45) is 16.6 Å². The lowest BCUT2D eigenvalue weighted by Crippen LogP contribution is -2.53. The first-order valence-corrected chi connectivity index (χ1v) is 10.1. The second kappa shape index (κ2) is 8.00. The maximum absolute atomic E-state index is 14.7. The van der Waals surface area contributed by atoms with Crippen LogP contribution >= 0.6 is 11.8 Å². The summed E-state index contributed by atoms with van der Waals surface area (Å²) in [4.78, 5) is 4.77. The zero-order valence-corrected chi connectivity index (χ0v) is 15.8. The Bertz CT molecular complexity index is 817. The van der Waals surface area contributed by atoms with Gasteiger partial charge in [0, 0.05) is 30.3 Å². The standard InChI is InChI=1S/C21H23FN2O2S/c22-18-9-5-4-8-16(18)21-10-11-26-19(17(21)14-27-20(23)24-21)13-25-12-15-6-2-1-3-7-15/h1-9,17,19H,10-14H2,(H2,23,24)/t17-,19-,21-/m1/s1. The number of hydrogen-bond donors (Lipinski definition) is 1. The zero-order valence-electron chi connectivity index (χ0n) is 15.0. The van der Waals surface area contributed by atoms with E-state index in [1.807, 2.05) is 42.5 Å². The Morgan fingerprint density at radius 2 is 1.96 bits per heavy atom. The van der Waals surface area contributed by atoms with Gasteiger partial charge in [-0.05, 0) is 11.6 Å². The van der Waals surface area contributed by atoms with Gasteiger partial charge in [-0.1, -0.05) is 60.3 Å². The van der Waals surface area contributed by atoms with Crippen LogP contribution < -0.4 is 5.73 Å². The highest BCUT2D eigenvalue weighted by Crippen LogP contribution is 2.48. The van der Waals surface area contributed by atoms with E-state index in [0.29, 0.717) is 37.0 Å². The van der Waals surface area contributed by atoms with Crippen molar-refractivity contribution in [3.63, 3.8) is 0 Å². The summed E-state index contributed by atoms with van der Waals surface area (Å²) in [5.41, 5.74) is 7.10. The van der Waals surface area contributed by atoms with Gasteiger partial charge >= 0.3 is 0 Å². The van der Waals surface area contributed by atoms with Crippen LogP contribution in [0, 0.1) is 11.7 Å². The number of amidine groups is 1. The number of aliphatic imine (C=N–C) groups is 1. The number of rotatable bonds is 5. The average molecular weight is 386 g/mol. The van der Waals surface area contributed by atoms with Gasteiger partial charge in [-0.25, -0.2) is 4.39 Å². The first-order valence-electron chi connectivity index (χ1n) is 9.15. The molecule has 1 fully saturated rings. The molecule has 0 radical (unpaired) electrons. The Labute approximate surface area is 163 Å². The van der Waals surface area contributed by atoms with Crippen LogP contribution in [0.5, 0.6) is 0 Å². The van der Waals surface area contributed by atoms with Gasteiger partial charge in [0.1, 0.15) is 5.82 Å². The molecular formula is C21H23FN2O2S. The summed E-state index contributed by atoms with van der Waals surface area (Å²) in [6.07, 6.45) is 0.473.